The minimum atomic E-state index is -3.59. The summed E-state index contributed by atoms with van der Waals surface area (Å²) in [5.74, 6) is -1.93. The Balaban J connectivity index is 4.00. The molecule has 1 atom stereocenters. The maximum atomic E-state index is 11.4. The summed E-state index contributed by atoms with van der Waals surface area (Å²) in [4.78, 5) is 10.8. The lowest BCUT2D eigenvalue weighted by molar-refractivity contribution is -0.137. The number of hydrogen-bond acceptors (Lipinski definition) is 6. The number of esters is 1. The predicted octanol–water partition coefficient (Wildman–Crippen LogP) is -1.07. The van der Waals surface area contributed by atoms with Crippen molar-refractivity contribution in [2.24, 2.45) is 0 Å². The van der Waals surface area contributed by atoms with Crippen LogP contribution in [0.4, 0.5) is 0 Å². The number of aliphatic hydroxyl groups is 1. The standard InChI is InChI=1S/C9H19NO5S/c1-3-4-10-5-8(11)6-16(13,14)7-9(12)15-2/h8,10-11H,3-7H2,1-2H3. The molecule has 0 fully saturated rings. The van der Waals surface area contributed by atoms with Crippen molar-refractivity contribution in [2.45, 2.75) is 19.4 Å². The van der Waals surface area contributed by atoms with Gasteiger partial charge >= 0.3 is 5.97 Å². The van der Waals surface area contributed by atoms with Crippen LogP contribution in [0.2, 0.25) is 0 Å². The van der Waals surface area contributed by atoms with Crippen LogP contribution in [-0.4, -0.2) is 57.3 Å². The van der Waals surface area contributed by atoms with Crippen molar-refractivity contribution in [3.8, 4) is 0 Å². The van der Waals surface area contributed by atoms with Gasteiger partial charge in [-0.2, -0.15) is 0 Å². The van der Waals surface area contributed by atoms with Crippen LogP contribution in [0.15, 0.2) is 0 Å². The molecule has 0 saturated heterocycles. The molecule has 2 N–H and O–H groups in total. The molecule has 0 heterocycles. The summed E-state index contributed by atoms with van der Waals surface area (Å²) in [5.41, 5.74) is 0. The Morgan fingerprint density at radius 2 is 2.12 bits per heavy atom. The number of aliphatic hydroxyl groups excluding tert-OH is 1. The van der Waals surface area contributed by atoms with Gasteiger partial charge in [0.1, 0.15) is 5.75 Å². The smallest absolute Gasteiger partial charge is 0.320 e. The van der Waals surface area contributed by atoms with Crippen molar-refractivity contribution in [1.29, 1.82) is 0 Å². The van der Waals surface area contributed by atoms with Crippen molar-refractivity contribution in [2.75, 3.05) is 31.7 Å². The second-order valence-corrected chi connectivity index (χ2v) is 5.60. The minimum absolute atomic E-state index is 0.203. The third-order valence-electron chi connectivity index (χ3n) is 1.82. The van der Waals surface area contributed by atoms with Crippen molar-refractivity contribution in [1.82, 2.24) is 5.32 Å². The lowest BCUT2D eigenvalue weighted by Gasteiger charge is -2.11. The number of hydrogen-bond donors (Lipinski definition) is 2. The molecule has 0 spiro atoms. The zero-order valence-corrected chi connectivity index (χ0v) is 10.4. The number of rotatable bonds is 8. The number of nitrogens with one attached hydrogen (secondary N) is 1. The van der Waals surface area contributed by atoms with Gasteiger partial charge in [-0.3, -0.25) is 4.79 Å². The van der Waals surface area contributed by atoms with E-state index in [0.717, 1.165) is 13.5 Å². The molecule has 0 aliphatic carbocycles. The van der Waals surface area contributed by atoms with Crippen LogP contribution in [0, 0.1) is 0 Å². The predicted molar refractivity (Wildman–Crippen MR) is 59.8 cm³/mol. The van der Waals surface area contributed by atoms with E-state index in [9.17, 15) is 18.3 Å². The van der Waals surface area contributed by atoms with E-state index in [1.54, 1.807) is 0 Å². The monoisotopic (exact) mass is 253 g/mol. The van der Waals surface area contributed by atoms with Crippen LogP contribution in [0.3, 0.4) is 0 Å². The highest BCUT2D eigenvalue weighted by Gasteiger charge is 2.21. The summed E-state index contributed by atoms with van der Waals surface area (Å²) >= 11 is 0. The Bertz CT molecular complexity index is 301. The number of ether oxygens (including phenoxy) is 1. The molecule has 0 bridgehead atoms. The molecule has 0 aromatic rings. The quantitative estimate of drug-likeness (QED) is 0.423. The fourth-order valence-corrected chi connectivity index (χ4v) is 2.39. The molecule has 6 nitrogen and oxygen atoms in total. The first-order valence-electron chi connectivity index (χ1n) is 5.07. The van der Waals surface area contributed by atoms with Gasteiger partial charge in [0, 0.05) is 6.54 Å². The van der Waals surface area contributed by atoms with Gasteiger partial charge in [-0.05, 0) is 13.0 Å². The normalized spacial score (nSPS) is 13.4. The fourth-order valence-electron chi connectivity index (χ4n) is 1.09. The van der Waals surface area contributed by atoms with E-state index >= 15 is 0 Å². The Labute approximate surface area is 95.9 Å². The number of sulfone groups is 1. The summed E-state index contributed by atoms with van der Waals surface area (Å²) in [6.45, 7) is 2.88. The van der Waals surface area contributed by atoms with Crippen molar-refractivity contribution < 1.29 is 23.1 Å². The second-order valence-electron chi connectivity index (χ2n) is 3.49. The molecule has 0 aromatic heterocycles. The Hall–Kier alpha value is -0.660. The summed E-state index contributed by atoms with van der Waals surface area (Å²) in [6, 6.07) is 0. The first-order valence-corrected chi connectivity index (χ1v) is 6.89. The summed E-state index contributed by atoms with van der Waals surface area (Å²) in [5, 5.41) is 12.3. The van der Waals surface area contributed by atoms with Gasteiger partial charge in [-0.15, -0.1) is 0 Å². The van der Waals surface area contributed by atoms with Gasteiger partial charge in [-0.25, -0.2) is 8.42 Å². The van der Waals surface area contributed by atoms with Gasteiger partial charge in [-0.1, -0.05) is 6.92 Å². The van der Waals surface area contributed by atoms with Crippen LogP contribution in [-0.2, 0) is 19.4 Å². The molecule has 0 radical (unpaired) electrons. The highest BCUT2D eigenvalue weighted by Crippen LogP contribution is 1.96. The molecule has 0 aromatic carbocycles. The summed E-state index contributed by atoms with van der Waals surface area (Å²) in [7, 11) is -2.47. The molecule has 7 heteroatoms. The van der Waals surface area contributed by atoms with Gasteiger partial charge in [0.15, 0.2) is 9.84 Å². The fraction of sp³-hybridized carbons (Fsp3) is 0.889. The van der Waals surface area contributed by atoms with Crippen LogP contribution in [0.1, 0.15) is 13.3 Å². The number of methoxy groups -OCH3 is 1. The zero-order valence-electron chi connectivity index (χ0n) is 9.60. The van der Waals surface area contributed by atoms with Gasteiger partial charge < -0.3 is 15.2 Å². The molecule has 1 unspecified atom stereocenters. The van der Waals surface area contributed by atoms with E-state index in [4.69, 9.17) is 0 Å². The Morgan fingerprint density at radius 1 is 1.50 bits per heavy atom. The molecule has 0 saturated carbocycles. The van der Waals surface area contributed by atoms with Gasteiger partial charge in [0.2, 0.25) is 0 Å². The number of carbonyl (C=O) groups excluding carboxylic acids is 1. The van der Waals surface area contributed by atoms with Crippen LogP contribution < -0.4 is 5.32 Å². The van der Waals surface area contributed by atoms with Gasteiger partial charge in [0.25, 0.3) is 0 Å². The van der Waals surface area contributed by atoms with E-state index < -0.39 is 33.4 Å². The lowest BCUT2D eigenvalue weighted by atomic mass is 10.4. The van der Waals surface area contributed by atoms with Crippen molar-refractivity contribution in [3.05, 3.63) is 0 Å². The van der Waals surface area contributed by atoms with E-state index in [1.165, 1.54) is 0 Å². The maximum absolute atomic E-state index is 11.4. The Kier molecular flexibility index (Phi) is 7.27. The Morgan fingerprint density at radius 3 is 2.62 bits per heavy atom. The second kappa shape index (κ2) is 7.59. The SMILES string of the molecule is CCCNCC(O)CS(=O)(=O)CC(=O)OC. The van der Waals surface area contributed by atoms with Crippen molar-refractivity contribution >= 4 is 15.8 Å². The molecule has 16 heavy (non-hydrogen) atoms. The molecule has 0 amide bonds. The van der Waals surface area contributed by atoms with E-state index in [-0.39, 0.29) is 6.54 Å². The minimum Gasteiger partial charge on any atom is -0.468 e. The summed E-state index contributed by atoms with van der Waals surface area (Å²) < 4.78 is 27.0. The molecule has 0 aliphatic heterocycles. The van der Waals surface area contributed by atoms with E-state index in [2.05, 4.69) is 10.1 Å². The topological polar surface area (TPSA) is 92.7 Å². The largest absolute Gasteiger partial charge is 0.468 e. The highest BCUT2D eigenvalue weighted by atomic mass is 32.2. The van der Waals surface area contributed by atoms with Crippen LogP contribution in [0.5, 0.6) is 0 Å². The first kappa shape index (κ1) is 15.3. The van der Waals surface area contributed by atoms with Gasteiger partial charge in [0.05, 0.1) is 19.0 Å². The highest BCUT2D eigenvalue weighted by molar-refractivity contribution is 7.92. The van der Waals surface area contributed by atoms with Crippen molar-refractivity contribution in [3.63, 3.8) is 0 Å². The average molecular weight is 253 g/mol. The van der Waals surface area contributed by atoms with Crippen LogP contribution in [0.25, 0.3) is 0 Å². The first-order chi connectivity index (χ1) is 7.41. The van der Waals surface area contributed by atoms with E-state index in [0.29, 0.717) is 6.54 Å². The summed E-state index contributed by atoms with van der Waals surface area (Å²) in [6.07, 6.45) is -0.0945. The zero-order chi connectivity index (χ0) is 12.6. The van der Waals surface area contributed by atoms with Crippen LogP contribution >= 0.6 is 0 Å². The molecule has 96 valence electrons. The maximum Gasteiger partial charge on any atom is 0.320 e. The lowest BCUT2D eigenvalue weighted by Crippen LogP contribution is -2.34. The number of carbonyl (C=O) groups is 1. The average Bonchev–Trinajstić information content (AvgIpc) is 2.16. The third kappa shape index (κ3) is 7.61. The third-order valence-corrected chi connectivity index (χ3v) is 3.39. The molecular weight excluding hydrogens is 234 g/mol. The van der Waals surface area contributed by atoms with E-state index in [1.807, 2.05) is 6.92 Å². The molecule has 0 rings (SSSR count). The molecular formula is C9H19NO5S. The molecule has 0 aliphatic rings.